The third-order valence-corrected chi connectivity index (χ3v) is 5.83. The van der Waals surface area contributed by atoms with E-state index in [1.807, 2.05) is 56.3 Å². The number of carbonyl (C=O) groups is 2. The number of para-hydroxylation sites is 1. The molecule has 0 unspecified atom stereocenters. The van der Waals surface area contributed by atoms with Crippen LogP contribution in [0.3, 0.4) is 0 Å². The fourth-order valence-corrected chi connectivity index (χ4v) is 4.39. The second-order valence-electron chi connectivity index (χ2n) is 7.45. The van der Waals surface area contributed by atoms with Crippen molar-refractivity contribution >= 4 is 61.1 Å². The van der Waals surface area contributed by atoms with Crippen LogP contribution in [0, 0.1) is 25.2 Å². The second kappa shape index (κ2) is 11.6. The average molecular weight is 583 g/mol. The quantitative estimate of drug-likeness (QED) is 0.249. The van der Waals surface area contributed by atoms with Crippen LogP contribution in [0.5, 0.6) is 5.75 Å². The van der Waals surface area contributed by atoms with Crippen molar-refractivity contribution < 1.29 is 14.3 Å². The number of rotatable bonds is 7. The standard InChI is InChI=1S/C26H21Br2N3O3/c1-16-7-9-21(10-8-16)30-24(32)15-34-25-18(12-20(27)13-22(25)28)11-19(14-29)26(33)31-23-6-4-3-5-17(23)2/h3-13H,15H2,1-2H3,(H,30,32)(H,31,33)/b19-11-. The molecule has 0 saturated carbocycles. The van der Waals surface area contributed by atoms with E-state index in [-0.39, 0.29) is 18.1 Å². The number of halogens is 2. The SMILES string of the molecule is Cc1ccc(NC(=O)COc2c(Br)cc(Br)cc2/C=C(/C#N)C(=O)Nc2ccccc2C)cc1. The van der Waals surface area contributed by atoms with E-state index in [1.165, 1.54) is 6.08 Å². The smallest absolute Gasteiger partial charge is 0.266 e. The van der Waals surface area contributed by atoms with Crippen LogP contribution in [-0.4, -0.2) is 18.4 Å². The number of anilines is 2. The van der Waals surface area contributed by atoms with Crippen molar-refractivity contribution in [1.29, 1.82) is 5.26 Å². The lowest BCUT2D eigenvalue weighted by atomic mass is 10.1. The van der Waals surface area contributed by atoms with E-state index in [4.69, 9.17) is 4.74 Å². The van der Waals surface area contributed by atoms with Gasteiger partial charge in [-0.3, -0.25) is 9.59 Å². The topological polar surface area (TPSA) is 91.2 Å². The van der Waals surface area contributed by atoms with Gasteiger partial charge in [0.1, 0.15) is 17.4 Å². The molecule has 0 bridgehead atoms. The van der Waals surface area contributed by atoms with Gasteiger partial charge < -0.3 is 15.4 Å². The zero-order valence-corrected chi connectivity index (χ0v) is 21.7. The highest BCUT2D eigenvalue weighted by molar-refractivity contribution is 9.11. The Bertz CT molecular complexity index is 1300. The summed E-state index contributed by atoms with van der Waals surface area (Å²) in [6, 6.07) is 20.1. The summed E-state index contributed by atoms with van der Waals surface area (Å²) in [5.41, 5.74) is 3.59. The lowest BCUT2D eigenvalue weighted by Crippen LogP contribution is -2.20. The Balaban J connectivity index is 1.80. The lowest BCUT2D eigenvalue weighted by molar-refractivity contribution is -0.118. The summed E-state index contributed by atoms with van der Waals surface area (Å²) in [6.07, 6.45) is 1.43. The Morgan fingerprint density at radius 1 is 1.03 bits per heavy atom. The molecule has 0 aliphatic carbocycles. The minimum Gasteiger partial charge on any atom is -0.482 e. The Morgan fingerprint density at radius 2 is 1.74 bits per heavy atom. The maximum Gasteiger partial charge on any atom is 0.266 e. The van der Waals surface area contributed by atoms with Gasteiger partial charge in [-0.2, -0.15) is 5.26 Å². The first-order valence-electron chi connectivity index (χ1n) is 10.2. The molecule has 0 atom stereocenters. The van der Waals surface area contributed by atoms with Crippen molar-refractivity contribution in [3.63, 3.8) is 0 Å². The molecule has 2 N–H and O–H groups in total. The largest absolute Gasteiger partial charge is 0.482 e. The number of carbonyl (C=O) groups excluding carboxylic acids is 2. The van der Waals surface area contributed by atoms with Gasteiger partial charge in [-0.25, -0.2) is 0 Å². The molecule has 0 aliphatic rings. The molecule has 0 radical (unpaired) electrons. The Labute approximate surface area is 214 Å². The zero-order chi connectivity index (χ0) is 24.7. The molecule has 172 valence electrons. The third-order valence-electron chi connectivity index (χ3n) is 4.78. The van der Waals surface area contributed by atoms with Crippen LogP contribution in [-0.2, 0) is 9.59 Å². The summed E-state index contributed by atoms with van der Waals surface area (Å²) < 4.78 is 7.05. The van der Waals surface area contributed by atoms with Crippen LogP contribution in [0.1, 0.15) is 16.7 Å². The van der Waals surface area contributed by atoms with Gasteiger partial charge in [-0.15, -0.1) is 0 Å². The monoisotopic (exact) mass is 581 g/mol. The fraction of sp³-hybridized carbons (Fsp3) is 0.115. The van der Waals surface area contributed by atoms with Gasteiger partial charge in [0.2, 0.25) is 0 Å². The van der Waals surface area contributed by atoms with Gasteiger partial charge in [0.05, 0.1) is 4.47 Å². The molecule has 0 aliphatic heterocycles. The summed E-state index contributed by atoms with van der Waals surface area (Å²) in [4.78, 5) is 25.1. The van der Waals surface area contributed by atoms with Gasteiger partial charge in [-0.05, 0) is 71.7 Å². The number of benzene rings is 3. The van der Waals surface area contributed by atoms with Crippen molar-refractivity contribution in [2.45, 2.75) is 13.8 Å². The number of nitrogens with zero attached hydrogens (tertiary/aromatic N) is 1. The molecule has 3 aromatic rings. The molecule has 0 spiro atoms. The van der Waals surface area contributed by atoms with Crippen LogP contribution in [0.2, 0.25) is 0 Å². The van der Waals surface area contributed by atoms with Crippen molar-refractivity contribution in [1.82, 2.24) is 0 Å². The molecule has 34 heavy (non-hydrogen) atoms. The second-order valence-corrected chi connectivity index (χ2v) is 9.22. The van der Waals surface area contributed by atoms with E-state index in [0.29, 0.717) is 31.6 Å². The van der Waals surface area contributed by atoms with Crippen LogP contribution in [0.25, 0.3) is 6.08 Å². The maximum atomic E-state index is 12.7. The third kappa shape index (κ3) is 6.80. The van der Waals surface area contributed by atoms with Gasteiger partial charge in [0.25, 0.3) is 11.8 Å². The predicted molar refractivity (Wildman–Crippen MR) is 141 cm³/mol. The molecule has 3 rings (SSSR count). The number of hydrogen-bond acceptors (Lipinski definition) is 4. The molecule has 6 nitrogen and oxygen atoms in total. The van der Waals surface area contributed by atoms with Gasteiger partial charge >= 0.3 is 0 Å². The van der Waals surface area contributed by atoms with Crippen LogP contribution in [0.15, 0.2) is 75.2 Å². The number of aryl methyl sites for hydroxylation is 2. The van der Waals surface area contributed by atoms with Gasteiger partial charge in [0, 0.05) is 21.4 Å². The Morgan fingerprint density at radius 3 is 2.41 bits per heavy atom. The lowest BCUT2D eigenvalue weighted by Gasteiger charge is -2.13. The van der Waals surface area contributed by atoms with E-state index in [0.717, 1.165) is 11.1 Å². The van der Waals surface area contributed by atoms with E-state index in [1.54, 1.807) is 24.3 Å². The summed E-state index contributed by atoms with van der Waals surface area (Å²) >= 11 is 6.85. The molecule has 2 amide bonds. The summed E-state index contributed by atoms with van der Waals surface area (Å²) in [5, 5.41) is 15.2. The van der Waals surface area contributed by atoms with E-state index in [9.17, 15) is 14.9 Å². The Kier molecular flexibility index (Phi) is 8.63. The van der Waals surface area contributed by atoms with E-state index in [2.05, 4.69) is 42.5 Å². The molecule has 0 fully saturated rings. The number of nitrogens with one attached hydrogen (secondary N) is 2. The highest BCUT2D eigenvalue weighted by atomic mass is 79.9. The molecular weight excluding hydrogens is 562 g/mol. The van der Waals surface area contributed by atoms with Gasteiger partial charge in [-0.1, -0.05) is 51.8 Å². The normalized spacial score (nSPS) is 10.9. The number of amides is 2. The highest BCUT2D eigenvalue weighted by Crippen LogP contribution is 2.34. The molecule has 0 heterocycles. The minimum absolute atomic E-state index is 0.109. The maximum absolute atomic E-state index is 12.7. The fourth-order valence-electron chi connectivity index (χ4n) is 3.02. The Hall–Kier alpha value is -3.41. The summed E-state index contributed by atoms with van der Waals surface area (Å²) in [5.74, 6) is -0.555. The van der Waals surface area contributed by atoms with E-state index < -0.39 is 5.91 Å². The predicted octanol–water partition coefficient (Wildman–Crippen LogP) is 6.39. The molecular formula is C26H21Br2N3O3. The van der Waals surface area contributed by atoms with Crippen molar-refractivity contribution in [3.05, 3.63) is 91.9 Å². The highest BCUT2D eigenvalue weighted by Gasteiger charge is 2.16. The van der Waals surface area contributed by atoms with Crippen LogP contribution >= 0.6 is 31.9 Å². The number of hydrogen-bond donors (Lipinski definition) is 2. The van der Waals surface area contributed by atoms with Crippen molar-refractivity contribution in [2.24, 2.45) is 0 Å². The van der Waals surface area contributed by atoms with E-state index >= 15 is 0 Å². The minimum atomic E-state index is -0.545. The number of nitriles is 1. The van der Waals surface area contributed by atoms with Crippen molar-refractivity contribution in [3.8, 4) is 11.8 Å². The first-order valence-corrected chi connectivity index (χ1v) is 11.8. The molecule has 8 heteroatoms. The van der Waals surface area contributed by atoms with Crippen molar-refractivity contribution in [2.75, 3.05) is 17.2 Å². The van der Waals surface area contributed by atoms with Crippen LogP contribution in [0.4, 0.5) is 11.4 Å². The summed E-state index contributed by atoms with van der Waals surface area (Å²) in [7, 11) is 0. The molecule has 0 aromatic heterocycles. The first-order chi connectivity index (χ1) is 16.3. The number of ether oxygens (including phenoxy) is 1. The van der Waals surface area contributed by atoms with Gasteiger partial charge in [0.15, 0.2) is 6.61 Å². The molecule has 3 aromatic carbocycles. The summed E-state index contributed by atoms with van der Waals surface area (Å²) in [6.45, 7) is 3.57. The average Bonchev–Trinajstić information content (AvgIpc) is 2.79. The molecule has 0 saturated heterocycles. The van der Waals surface area contributed by atoms with Crippen LogP contribution < -0.4 is 15.4 Å². The first kappa shape index (κ1) is 25.2. The zero-order valence-electron chi connectivity index (χ0n) is 18.5.